The van der Waals surface area contributed by atoms with Crippen molar-refractivity contribution in [3.63, 3.8) is 0 Å². The van der Waals surface area contributed by atoms with E-state index in [-0.39, 0.29) is 34.1 Å². The van der Waals surface area contributed by atoms with Gasteiger partial charge in [0.1, 0.15) is 11.3 Å². The quantitative estimate of drug-likeness (QED) is 0.723. The molecule has 2 saturated carbocycles. The summed E-state index contributed by atoms with van der Waals surface area (Å²) in [6.45, 7) is -2.33. The molecule has 2 aromatic rings. The summed E-state index contributed by atoms with van der Waals surface area (Å²) in [4.78, 5) is 26.0. The Hall–Kier alpha value is -2.75. The predicted molar refractivity (Wildman–Crippen MR) is 107 cm³/mol. The molecule has 7 nitrogen and oxygen atoms in total. The highest BCUT2D eigenvalue weighted by molar-refractivity contribution is 5.97. The number of ether oxygens (including phenoxy) is 1. The molecule has 1 atom stereocenters. The van der Waals surface area contributed by atoms with Gasteiger partial charge in [-0.3, -0.25) is 4.79 Å². The fourth-order valence-corrected chi connectivity index (χ4v) is 4.94. The monoisotopic (exact) mass is 437 g/mol. The second-order valence-electron chi connectivity index (χ2n) is 8.71. The van der Waals surface area contributed by atoms with Crippen molar-refractivity contribution in [2.45, 2.75) is 44.4 Å². The van der Waals surface area contributed by atoms with Crippen LogP contribution in [-0.2, 0) is 0 Å². The topological polar surface area (TPSA) is 83.8 Å². The summed E-state index contributed by atoms with van der Waals surface area (Å²) in [7, 11) is 1.82. The van der Waals surface area contributed by atoms with Crippen molar-refractivity contribution in [2.75, 3.05) is 25.0 Å². The van der Waals surface area contributed by atoms with Gasteiger partial charge in [0, 0.05) is 36.8 Å². The number of benzene rings is 1. The number of nitrogens with zero attached hydrogens (tertiary/aromatic N) is 2. The Balaban J connectivity index is 1.78. The van der Waals surface area contributed by atoms with Crippen LogP contribution in [0.25, 0.3) is 10.9 Å². The number of fused-ring (bicyclic) bond motifs is 1. The normalized spacial score (nSPS) is 22.0. The maximum atomic E-state index is 15.4. The molecule has 0 bridgehead atoms. The van der Waals surface area contributed by atoms with Crippen LogP contribution in [0.2, 0.25) is 0 Å². The standard InChI is InChI=1S/C21H22F3N3O4/c1-25-14-8-26(9-21(14)4-5-21)16-13(22)6-11-15(18(16)31-20(23)24)27(10-2-3-10)7-12(17(11)28)19(29)30/h6-7,10,14,20,25H,2-5,8-9H2,1H3,(H,29,30)/t14-/m1/s1. The molecule has 1 aromatic carbocycles. The average Bonchev–Trinajstić information content (AvgIpc) is 3.60. The number of aromatic nitrogens is 1. The van der Waals surface area contributed by atoms with E-state index in [1.807, 2.05) is 7.05 Å². The fourth-order valence-electron chi connectivity index (χ4n) is 4.94. The van der Waals surface area contributed by atoms with Gasteiger partial charge in [0.2, 0.25) is 5.43 Å². The number of alkyl halides is 2. The molecular formula is C21H22F3N3O4. The maximum absolute atomic E-state index is 15.4. The number of nitrogens with one attached hydrogen (secondary N) is 1. The van der Waals surface area contributed by atoms with Gasteiger partial charge in [-0.25, -0.2) is 9.18 Å². The lowest BCUT2D eigenvalue weighted by molar-refractivity contribution is -0.0488. The molecule has 3 aliphatic rings. The van der Waals surface area contributed by atoms with Crippen molar-refractivity contribution in [2.24, 2.45) is 5.41 Å². The molecule has 1 spiro atoms. The van der Waals surface area contributed by atoms with Crippen LogP contribution < -0.4 is 20.4 Å². The van der Waals surface area contributed by atoms with Crippen LogP contribution in [0.1, 0.15) is 42.1 Å². The van der Waals surface area contributed by atoms with Gasteiger partial charge >= 0.3 is 12.6 Å². The summed E-state index contributed by atoms with van der Waals surface area (Å²) in [5.74, 6) is -2.73. The van der Waals surface area contributed by atoms with Gasteiger partial charge in [0.25, 0.3) is 0 Å². The molecule has 0 amide bonds. The zero-order chi connectivity index (χ0) is 22.1. The third kappa shape index (κ3) is 3.15. The first-order chi connectivity index (χ1) is 14.8. The molecule has 31 heavy (non-hydrogen) atoms. The molecule has 1 saturated heterocycles. The van der Waals surface area contributed by atoms with E-state index < -0.39 is 35.1 Å². The number of carbonyl (C=O) groups is 1. The van der Waals surface area contributed by atoms with Crippen LogP contribution in [0.4, 0.5) is 18.9 Å². The highest BCUT2D eigenvalue weighted by atomic mass is 19.3. The lowest BCUT2D eigenvalue weighted by Crippen LogP contribution is -2.34. The zero-order valence-corrected chi connectivity index (χ0v) is 16.8. The second kappa shape index (κ2) is 6.88. The van der Waals surface area contributed by atoms with Gasteiger partial charge in [0.05, 0.1) is 10.9 Å². The van der Waals surface area contributed by atoms with Crippen LogP contribution in [0, 0.1) is 11.2 Å². The molecule has 1 aromatic heterocycles. The number of hydrogen-bond donors (Lipinski definition) is 2. The molecule has 2 aliphatic carbocycles. The van der Waals surface area contributed by atoms with E-state index in [9.17, 15) is 23.5 Å². The summed E-state index contributed by atoms with van der Waals surface area (Å²) >= 11 is 0. The average molecular weight is 437 g/mol. The van der Waals surface area contributed by atoms with Crippen molar-refractivity contribution in [3.05, 3.63) is 33.9 Å². The number of hydrogen-bond acceptors (Lipinski definition) is 5. The Kier molecular flexibility index (Phi) is 4.47. The van der Waals surface area contributed by atoms with Crippen molar-refractivity contribution in [1.82, 2.24) is 9.88 Å². The molecular weight excluding hydrogens is 415 g/mol. The van der Waals surface area contributed by atoms with Crippen molar-refractivity contribution in [1.29, 1.82) is 0 Å². The fraction of sp³-hybridized carbons (Fsp3) is 0.524. The second-order valence-corrected chi connectivity index (χ2v) is 8.71. The maximum Gasteiger partial charge on any atom is 0.387 e. The minimum Gasteiger partial charge on any atom is -0.477 e. The van der Waals surface area contributed by atoms with E-state index in [0.29, 0.717) is 25.9 Å². The molecule has 1 aliphatic heterocycles. The molecule has 10 heteroatoms. The number of likely N-dealkylation sites (N-methyl/N-ethyl adjacent to an activating group) is 1. The molecule has 2 heterocycles. The van der Waals surface area contributed by atoms with Gasteiger partial charge < -0.3 is 24.6 Å². The van der Waals surface area contributed by atoms with Gasteiger partial charge in [-0.2, -0.15) is 8.78 Å². The highest BCUT2D eigenvalue weighted by Crippen LogP contribution is 2.55. The van der Waals surface area contributed by atoms with Gasteiger partial charge in [0.15, 0.2) is 11.6 Å². The summed E-state index contributed by atoms with van der Waals surface area (Å²) in [5.41, 5.74) is -1.55. The number of carboxylic acid groups (broad SMARTS) is 1. The highest BCUT2D eigenvalue weighted by Gasteiger charge is 2.55. The number of aromatic carboxylic acids is 1. The van der Waals surface area contributed by atoms with E-state index in [0.717, 1.165) is 25.1 Å². The summed E-state index contributed by atoms with van der Waals surface area (Å²) < 4.78 is 48.6. The third-order valence-corrected chi connectivity index (χ3v) is 6.78. The summed E-state index contributed by atoms with van der Waals surface area (Å²) in [5, 5.41) is 12.4. The SMILES string of the molecule is CN[C@@H]1CN(c2c(F)cc3c(=O)c(C(=O)O)cn(C4CC4)c3c2OC(F)F)CC12CC2. The van der Waals surface area contributed by atoms with Crippen molar-refractivity contribution in [3.8, 4) is 5.75 Å². The smallest absolute Gasteiger partial charge is 0.387 e. The van der Waals surface area contributed by atoms with E-state index in [1.54, 1.807) is 4.90 Å². The minimum atomic E-state index is -3.23. The van der Waals surface area contributed by atoms with E-state index >= 15 is 4.39 Å². The van der Waals surface area contributed by atoms with Crippen molar-refractivity contribution < 1.29 is 27.8 Å². The van der Waals surface area contributed by atoms with Crippen molar-refractivity contribution >= 4 is 22.6 Å². The summed E-state index contributed by atoms with van der Waals surface area (Å²) in [6.07, 6.45) is 4.49. The molecule has 3 fully saturated rings. The largest absolute Gasteiger partial charge is 0.477 e. The van der Waals surface area contributed by atoms with Crippen LogP contribution in [0.3, 0.4) is 0 Å². The summed E-state index contributed by atoms with van der Waals surface area (Å²) in [6, 6.07) is 0.892. The Morgan fingerprint density at radius 1 is 1.35 bits per heavy atom. The number of anilines is 1. The molecule has 5 rings (SSSR count). The number of rotatable bonds is 6. The number of carboxylic acids is 1. The van der Waals surface area contributed by atoms with Crippen LogP contribution in [-0.4, -0.2) is 48.4 Å². The lowest BCUT2D eigenvalue weighted by Gasteiger charge is -2.25. The predicted octanol–water partition coefficient (Wildman–Crippen LogP) is 2.96. The van der Waals surface area contributed by atoms with Crippen LogP contribution in [0.5, 0.6) is 5.75 Å². The Morgan fingerprint density at radius 3 is 2.58 bits per heavy atom. The van der Waals surface area contributed by atoms with E-state index in [2.05, 4.69) is 5.32 Å². The Labute approximate surface area is 175 Å². The third-order valence-electron chi connectivity index (χ3n) is 6.78. The lowest BCUT2D eigenvalue weighted by atomic mass is 10.0. The Morgan fingerprint density at radius 2 is 2.06 bits per heavy atom. The molecule has 166 valence electrons. The van der Waals surface area contributed by atoms with Gasteiger partial charge in [-0.1, -0.05) is 0 Å². The van der Waals surface area contributed by atoms with Crippen LogP contribution in [0.15, 0.2) is 17.1 Å². The van der Waals surface area contributed by atoms with Crippen LogP contribution >= 0.6 is 0 Å². The van der Waals surface area contributed by atoms with E-state index in [4.69, 9.17) is 4.74 Å². The first-order valence-electron chi connectivity index (χ1n) is 10.3. The zero-order valence-electron chi connectivity index (χ0n) is 16.8. The van der Waals surface area contributed by atoms with Gasteiger partial charge in [-0.05, 0) is 38.8 Å². The molecule has 0 unspecified atom stereocenters. The van der Waals surface area contributed by atoms with Gasteiger partial charge in [-0.15, -0.1) is 0 Å². The van der Waals surface area contributed by atoms with E-state index in [1.165, 1.54) is 4.57 Å². The minimum absolute atomic E-state index is 0.0203. The number of pyridine rings is 1. The first kappa shape index (κ1) is 20.2. The molecule has 2 N–H and O–H groups in total. The number of halogens is 3. The molecule has 0 radical (unpaired) electrons. The Bertz CT molecular complexity index is 1140. The first-order valence-corrected chi connectivity index (χ1v) is 10.3.